The predicted octanol–water partition coefficient (Wildman–Crippen LogP) is 3.10. The third-order valence-electron chi connectivity index (χ3n) is 3.60. The van der Waals surface area contributed by atoms with Crippen LogP contribution in [0.3, 0.4) is 0 Å². The molecule has 0 saturated carbocycles. The van der Waals surface area contributed by atoms with E-state index in [-0.39, 0.29) is 0 Å². The van der Waals surface area contributed by atoms with Gasteiger partial charge in [0.05, 0.1) is 16.8 Å². The van der Waals surface area contributed by atoms with Crippen LogP contribution in [0, 0.1) is 0 Å². The van der Waals surface area contributed by atoms with Crippen molar-refractivity contribution < 1.29 is 0 Å². The fourth-order valence-corrected chi connectivity index (χ4v) is 3.60. The second-order valence-electron chi connectivity index (χ2n) is 5.14. The molecule has 5 heteroatoms. The van der Waals surface area contributed by atoms with Gasteiger partial charge in [0.25, 0.3) is 0 Å². The summed E-state index contributed by atoms with van der Waals surface area (Å²) < 4.78 is 0. The number of nitrogens with one attached hydrogen (secondary N) is 1. The van der Waals surface area contributed by atoms with Gasteiger partial charge < -0.3 is 10.7 Å². The molecule has 0 atom stereocenters. The molecular weight excluding hydrogens is 256 g/mol. The summed E-state index contributed by atoms with van der Waals surface area (Å²) in [7, 11) is 0. The Hall–Kier alpha value is -1.33. The third-order valence-corrected chi connectivity index (χ3v) is 4.70. The van der Waals surface area contributed by atoms with E-state index >= 15 is 0 Å². The lowest BCUT2D eigenvalue weighted by atomic mass is 10.2. The number of aromatic amines is 1. The van der Waals surface area contributed by atoms with Gasteiger partial charge in [-0.05, 0) is 38.1 Å². The molecule has 0 amide bonds. The van der Waals surface area contributed by atoms with Crippen LogP contribution in [-0.2, 0) is 6.54 Å². The van der Waals surface area contributed by atoms with Gasteiger partial charge in [0, 0.05) is 11.4 Å². The van der Waals surface area contributed by atoms with E-state index < -0.39 is 0 Å². The fraction of sp³-hybridized carbons (Fsp3) is 0.500. The largest absolute Gasteiger partial charge is 0.369 e. The number of imidazole rings is 1. The van der Waals surface area contributed by atoms with Crippen molar-refractivity contribution in [3.8, 4) is 10.6 Å². The van der Waals surface area contributed by atoms with Crippen LogP contribution in [0.5, 0.6) is 0 Å². The van der Waals surface area contributed by atoms with Crippen molar-refractivity contribution in [2.75, 3.05) is 18.8 Å². The van der Waals surface area contributed by atoms with Crippen molar-refractivity contribution in [3.63, 3.8) is 0 Å². The van der Waals surface area contributed by atoms with Gasteiger partial charge in [-0.15, -0.1) is 11.3 Å². The highest BCUT2D eigenvalue weighted by molar-refractivity contribution is 7.15. The first-order valence-electron chi connectivity index (χ1n) is 6.93. The van der Waals surface area contributed by atoms with Gasteiger partial charge in [0.15, 0.2) is 5.95 Å². The van der Waals surface area contributed by atoms with Crippen LogP contribution in [0.15, 0.2) is 18.3 Å². The van der Waals surface area contributed by atoms with Gasteiger partial charge in [-0.1, -0.05) is 12.8 Å². The van der Waals surface area contributed by atoms with Gasteiger partial charge in [0.1, 0.15) is 0 Å². The summed E-state index contributed by atoms with van der Waals surface area (Å²) in [5.74, 6) is 0.484. The Balaban J connectivity index is 1.67. The minimum absolute atomic E-state index is 0.484. The summed E-state index contributed by atoms with van der Waals surface area (Å²) in [5, 5.41) is 0. The first-order valence-corrected chi connectivity index (χ1v) is 7.75. The summed E-state index contributed by atoms with van der Waals surface area (Å²) in [6, 6.07) is 4.38. The van der Waals surface area contributed by atoms with E-state index in [9.17, 15) is 0 Å². The lowest BCUT2D eigenvalue weighted by Crippen LogP contribution is -2.23. The van der Waals surface area contributed by atoms with Crippen LogP contribution < -0.4 is 5.73 Å². The number of hydrogen-bond donors (Lipinski definition) is 2. The number of anilines is 1. The Morgan fingerprint density at radius 1 is 1.21 bits per heavy atom. The summed E-state index contributed by atoms with van der Waals surface area (Å²) >= 11 is 1.83. The van der Waals surface area contributed by atoms with E-state index in [1.807, 2.05) is 11.3 Å². The Morgan fingerprint density at radius 3 is 2.68 bits per heavy atom. The van der Waals surface area contributed by atoms with Gasteiger partial charge in [-0.2, -0.15) is 0 Å². The van der Waals surface area contributed by atoms with Crippen LogP contribution in [0.4, 0.5) is 5.95 Å². The fourth-order valence-electron chi connectivity index (χ4n) is 2.58. The van der Waals surface area contributed by atoms with Crippen molar-refractivity contribution in [2.24, 2.45) is 0 Å². The number of nitrogen functional groups attached to an aromatic ring is 1. The molecule has 2 aromatic rings. The number of nitrogens with two attached hydrogens (primary N) is 1. The highest BCUT2D eigenvalue weighted by Gasteiger charge is 2.11. The molecular formula is C14H20N4S. The van der Waals surface area contributed by atoms with Crippen molar-refractivity contribution in [2.45, 2.75) is 32.2 Å². The van der Waals surface area contributed by atoms with E-state index in [4.69, 9.17) is 5.73 Å². The second-order valence-corrected chi connectivity index (χ2v) is 6.31. The first kappa shape index (κ1) is 12.7. The summed E-state index contributed by atoms with van der Waals surface area (Å²) in [4.78, 5) is 12.3. The number of thiophene rings is 1. The zero-order chi connectivity index (χ0) is 13.1. The Bertz CT molecular complexity index is 523. The number of nitrogens with zero attached hydrogens (tertiary/aromatic N) is 2. The van der Waals surface area contributed by atoms with Crippen molar-refractivity contribution in [1.82, 2.24) is 14.9 Å². The molecule has 0 aliphatic carbocycles. The predicted molar refractivity (Wildman–Crippen MR) is 80.1 cm³/mol. The molecule has 3 N–H and O–H groups in total. The van der Waals surface area contributed by atoms with Crippen LogP contribution in [0.2, 0.25) is 0 Å². The van der Waals surface area contributed by atoms with Gasteiger partial charge in [0.2, 0.25) is 0 Å². The maximum atomic E-state index is 5.62. The summed E-state index contributed by atoms with van der Waals surface area (Å²) in [6.45, 7) is 3.56. The zero-order valence-corrected chi connectivity index (χ0v) is 11.9. The molecule has 3 heterocycles. The van der Waals surface area contributed by atoms with E-state index in [0.717, 1.165) is 12.2 Å². The minimum atomic E-state index is 0.484. The SMILES string of the molecule is Nc1ncc(-c2ccc(CN3CCCCCC3)s2)[nH]1. The molecule has 2 aromatic heterocycles. The molecule has 4 nitrogen and oxygen atoms in total. The normalized spacial score (nSPS) is 17.5. The number of H-pyrrole nitrogens is 1. The molecule has 1 aliphatic rings. The second kappa shape index (κ2) is 5.75. The van der Waals surface area contributed by atoms with Crippen LogP contribution >= 0.6 is 11.3 Å². The van der Waals surface area contributed by atoms with Crippen molar-refractivity contribution in [3.05, 3.63) is 23.2 Å². The molecule has 0 aromatic carbocycles. The van der Waals surface area contributed by atoms with Crippen molar-refractivity contribution >= 4 is 17.3 Å². The Morgan fingerprint density at radius 2 is 2.00 bits per heavy atom. The lowest BCUT2D eigenvalue weighted by molar-refractivity contribution is 0.279. The molecule has 0 bridgehead atoms. The molecule has 0 radical (unpaired) electrons. The van der Waals surface area contributed by atoms with Gasteiger partial charge in [-0.25, -0.2) is 4.98 Å². The van der Waals surface area contributed by atoms with Crippen LogP contribution in [0.1, 0.15) is 30.6 Å². The lowest BCUT2D eigenvalue weighted by Gasteiger charge is -2.18. The molecule has 3 rings (SSSR count). The monoisotopic (exact) mass is 276 g/mol. The first-order chi connectivity index (χ1) is 9.31. The van der Waals surface area contributed by atoms with E-state index in [1.54, 1.807) is 6.20 Å². The van der Waals surface area contributed by atoms with Gasteiger partial charge in [-0.3, -0.25) is 4.90 Å². The van der Waals surface area contributed by atoms with E-state index in [1.165, 1.54) is 48.5 Å². The average molecular weight is 276 g/mol. The highest BCUT2D eigenvalue weighted by Crippen LogP contribution is 2.28. The zero-order valence-electron chi connectivity index (χ0n) is 11.1. The molecule has 0 unspecified atom stereocenters. The summed E-state index contributed by atoms with van der Waals surface area (Å²) in [6.07, 6.45) is 7.26. The maximum absolute atomic E-state index is 5.62. The molecule has 102 valence electrons. The number of aromatic nitrogens is 2. The molecule has 0 spiro atoms. The van der Waals surface area contributed by atoms with E-state index in [2.05, 4.69) is 27.0 Å². The Labute approximate surface area is 117 Å². The Kier molecular flexibility index (Phi) is 3.84. The number of likely N-dealkylation sites (tertiary alicyclic amines) is 1. The topological polar surface area (TPSA) is 57.9 Å². The average Bonchev–Trinajstić information content (AvgIpc) is 2.94. The number of rotatable bonds is 3. The molecule has 1 aliphatic heterocycles. The minimum Gasteiger partial charge on any atom is -0.369 e. The van der Waals surface area contributed by atoms with E-state index in [0.29, 0.717) is 5.95 Å². The van der Waals surface area contributed by atoms with Gasteiger partial charge >= 0.3 is 0 Å². The van der Waals surface area contributed by atoms with Crippen LogP contribution in [-0.4, -0.2) is 28.0 Å². The van der Waals surface area contributed by atoms with Crippen molar-refractivity contribution in [1.29, 1.82) is 0 Å². The quantitative estimate of drug-likeness (QED) is 0.905. The number of hydrogen-bond acceptors (Lipinski definition) is 4. The summed E-state index contributed by atoms with van der Waals surface area (Å²) in [5.41, 5.74) is 6.64. The van der Waals surface area contributed by atoms with Crippen LogP contribution in [0.25, 0.3) is 10.6 Å². The highest BCUT2D eigenvalue weighted by atomic mass is 32.1. The molecule has 1 saturated heterocycles. The molecule has 19 heavy (non-hydrogen) atoms. The standard InChI is InChI=1S/C14H20N4S/c15-14-16-9-12(17-14)13-6-5-11(19-13)10-18-7-3-1-2-4-8-18/h5-6,9H,1-4,7-8,10H2,(H3,15,16,17). The maximum Gasteiger partial charge on any atom is 0.197 e. The molecule has 1 fully saturated rings. The smallest absolute Gasteiger partial charge is 0.197 e. The third kappa shape index (κ3) is 3.16.